The first kappa shape index (κ1) is 15.0. The average molecular weight is 309 g/mol. The molecular formula is C13H13ClN4O3. The van der Waals surface area contributed by atoms with Crippen LogP contribution in [0.4, 0.5) is 5.69 Å². The predicted molar refractivity (Wildman–Crippen MR) is 77.4 cm³/mol. The molecule has 1 amide bonds. The van der Waals surface area contributed by atoms with Crippen LogP contribution in [0.15, 0.2) is 30.5 Å². The summed E-state index contributed by atoms with van der Waals surface area (Å²) in [5.74, 6) is -0.325. The van der Waals surface area contributed by atoms with Crippen LogP contribution in [0.25, 0.3) is 0 Å². The quantitative estimate of drug-likeness (QED) is 0.675. The smallest absolute Gasteiger partial charge is 0.287 e. The Morgan fingerprint density at radius 3 is 2.81 bits per heavy atom. The summed E-state index contributed by atoms with van der Waals surface area (Å²) >= 11 is 5.77. The molecule has 0 atom stereocenters. The summed E-state index contributed by atoms with van der Waals surface area (Å²) in [4.78, 5) is 22.0. The Labute approximate surface area is 125 Å². The minimum absolute atomic E-state index is 0.0562. The summed E-state index contributed by atoms with van der Waals surface area (Å²) in [6, 6.07) is 5.76. The van der Waals surface area contributed by atoms with Gasteiger partial charge in [0.2, 0.25) is 0 Å². The highest BCUT2D eigenvalue weighted by Gasteiger charge is 2.15. The highest BCUT2D eigenvalue weighted by atomic mass is 35.5. The topological polar surface area (TPSA) is 90.1 Å². The van der Waals surface area contributed by atoms with Gasteiger partial charge in [-0.05, 0) is 18.2 Å². The fraction of sp³-hybridized carbons (Fsp3) is 0.231. The molecule has 1 heterocycles. The van der Waals surface area contributed by atoms with Crippen molar-refractivity contribution in [1.82, 2.24) is 15.1 Å². The third-order valence-corrected chi connectivity index (χ3v) is 3.30. The van der Waals surface area contributed by atoms with Gasteiger partial charge in [-0.15, -0.1) is 0 Å². The zero-order valence-corrected chi connectivity index (χ0v) is 12.0. The third-order valence-electron chi connectivity index (χ3n) is 3.00. The molecule has 0 radical (unpaired) electrons. The van der Waals surface area contributed by atoms with Crippen molar-refractivity contribution >= 4 is 23.2 Å². The van der Waals surface area contributed by atoms with Crippen LogP contribution >= 0.6 is 11.6 Å². The summed E-state index contributed by atoms with van der Waals surface area (Å²) in [6.07, 6.45) is 2.33. The molecule has 0 aliphatic carbocycles. The number of aromatic nitrogens is 2. The van der Waals surface area contributed by atoms with E-state index in [9.17, 15) is 14.9 Å². The molecule has 1 aromatic carbocycles. The van der Waals surface area contributed by atoms with Gasteiger partial charge in [0, 0.05) is 43.5 Å². The Morgan fingerprint density at radius 1 is 1.48 bits per heavy atom. The van der Waals surface area contributed by atoms with Crippen molar-refractivity contribution in [2.24, 2.45) is 7.05 Å². The Balaban J connectivity index is 1.96. The summed E-state index contributed by atoms with van der Waals surface area (Å²) in [7, 11) is 1.83. The standard InChI is InChI=1S/C13H13ClN4O3/c1-17-10(5-7-16-17)4-6-15-13(19)9-2-3-12(18(20)21)11(14)8-9/h2-3,5,7-8H,4,6H2,1H3,(H,15,19). The molecule has 2 rings (SSSR count). The number of nitrogens with zero attached hydrogens (tertiary/aromatic N) is 3. The van der Waals surface area contributed by atoms with Gasteiger partial charge in [-0.1, -0.05) is 11.6 Å². The average Bonchev–Trinajstić information content (AvgIpc) is 2.83. The lowest BCUT2D eigenvalue weighted by molar-refractivity contribution is -0.384. The first-order valence-electron chi connectivity index (χ1n) is 6.18. The molecule has 0 saturated carbocycles. The summed E-state index contributed by atoms with van der Waals surface area (Å²) in [5, 5.41) is 17.4. The molecule has 0 spiro atoms. The number of hydrogen-bond donors (Lipinski definition) is 1. The van der Waals surface area contributed by atoms with Gasteiger partial charge in [-0.25, -0.2) is 0 Å². The SMILES string of the molecule is Cn1nccc1CCNC(=O)c1ccc([N+](=O)[O-])c(Cl)c1. The molecule has 0 unspecified atom stereocenters. The number of halogens is 1. The van der Waals surface area contributed by atoms with Gasteiger partial charge in [-0.3, -0.25) is 19.6 Å². The van der Waals surface area contributed by atoms with Gasteiger partial charge in [0.25, 0.3) is 11.6 Å². The zero-order chi connectivity index (χ0) is 15.4. The van der Waals surface area contributed by atoms with Crippen LogP contribution in [0.1, 0.15) is 16.1 Å². The Bertz CT molecular complexity index is 684. The minimum atomic E-state index is -0.591. The normalized spacial score (nSPS) is 10.4. The van der Waals surface area contributed by atoms with Crippen LogP contribution in [0, 0.1) is 10.1 Å². The molecule has 2 aromatic rings. The molecule has 0 bridgehead atoms. The molecule has 1 N–H and O–H groups in total. The van der Waals surface area contributed by atoms with Crippen LogP contribution in [0.3, 0.4) is 0 Å². The number of nitro benzene ring substituents is 1. The van der Waals surface area contributed by atoms with Crippen molar-refractivity contribution in [3.63, 3.8) is 0 Å². The highest BCUT2D eigenvalue weighted by Crippen LogP contribution is 2.24. The lowest BCUT2D eigenvalue weighted by Gasteiger charge is -2.06. The van der Waals surface area contributed by atoms with Crippen molar-refractivity contribution in [1.29, 1.82) is 0 Å². The molecule has 7 nitrogen and oxygen atoms in total. The van der Waals surface area contributed by atoms with Gasteiger partial charge >= 0.3 is 0 Å². The largest absolute Gasteiger partial charge is 0.352 e. The molecule has 21 heavy (non-hydrogen) atoms. The van der Waals surface area contributed by atoms with E-state index in [1.807, 2.05) is 13.1 Å². The van der Waals surface area contributed by atoms with E-state index >= 15 is 0 Å². The number of benzene rings is 1. The number of rotatable bonds is 5. The van der Waals surface area contributed by atoms with E-state index in [0.717, 1.165) is 5.69 Å². The van der Waals surface area contributed by atoms with Crippen LogP contribution in [0.5, 0.6) is 0 Å². The van der Waals surface area contributed by atoms with Crippen molar-refractivity contribution < 1.29 is 9.72 Å². The number of carbonyl (C=O) groups excluding carboxylic acids is 1. The fourth-order valence-corrected chi connectivity index (χ4v) is 2.10. The number of nitro groups is 1. The lowest BCUT2D eigenvalue weighted by Crippen LogP contribution is -2.26. The minimum Gasteiger partial charge on any atom is -0.352 e. The predicted octanol–water partition coefficient (Wildman–Crippen LogP) is 1.95. The number of amides is 1. The lowest BCUT2D eigenvalue weighted by atomic mass is 10.2. The summed E-state index contributed by atoms with van der Waals surface area (Å²) < 4.78 is 1.73. The number of hydrogen-bond acceptors (Lipinski definition) is 4. The second-order valence-electron chi connectivity index (χ2n) is 4.38. The highest BCUT2D eigenvalue weighted by molar-refractivity contribution is 6.33. The Kier molecular flexibility index (Phi) is 4.54. The maximum Gasteiger partial charge on any atom is 0.287 e. The van der Waals surface area contributed by atoms with E-state index in [2.05, 4.69) is 10.4 Å². The van der Waals surface area contributed by atoms with Crippen molar-refractivity contribution in [3.05, 3.63) is 56.9 Å². The van der Waals surface area contributed by atoms with E-state index in [-0.39, 0.29) is 22.2 Å². The van der Waals surface area contributed by atoms with Crippen molar-refractivity contribution in [2.75, 3.05) is 6.54 Å². The van der Waals surface area contributed by atoms with Crippen molar-refractivity contribution in [3.8, 4) is 0 Å². The first-order valence-corrected chi connectivity index (χ1v) is 6.56. The van der Waals surface area contributed by atoms with Crippen LogP contribution in [-0.4, -0.2) is 27.2 Å². The van der Waals surface area contributed by atoms with E-state index in [4.69, 9.17) is 11.6 Å². The molecular weight excluding hydrogens is 296 g/mol. The monoisotopic (exact) mass is 308 g/mol. The van der Waals surface area contributed by atoms with E-state index in [1.54, 1.807) is 10.9 Å². The van der Waals surface area contributed by atoms with E-state index < -0.39 is 4.92 Å². The van der Waals surface area contributed by atoms with Crippen LogP contribution in [-0.2, 0) is 13.5 Å². The van der Waals surface area contributed by atoms with E-state index in [0.29, 0.717) is 13.0 Å². The van der Waals surface area contributed by atoms with E-state index in [1.165, 1.54) is 18.2 Å². The fourth-order valence-electron chi connectivity index (χ4n) is 1.85. The van der Waals surface area contributed by atoms with Gasteiger partial charge in [0.05, 0.1) is 4.92 Å². The maximum absolute atomic E-state index is 11.9. The summed E-state index contributed by atoms with van der Waals surface area (Å²) in [5.41, 5.74) is 1.07. The van der Waals surface area contributed by atoms with Crippen LogP contribution in [0.2, 0.25) is 5.02 Å². The molecule has 0 aliphatic rings. The second kappa shape index (κ2) is 6.36. The Morgan fingerprint density at radius 2 is 2.24 bits per heavy atom. The second-order valence-corrected chi connectivity index (χ2v) is 4.78. The van der Waals surface area contributed by atoms with Gasteiger partial charge in [-0.2, -0.15) is 5.10 Å². The number of nitrogens with one attached hydrogen (secondary N) is 1. The first-order chi connectivity index (χ1) is 9.99. The van der Waals surface area contributed by atoms with Crippen molar-refractivity contribution in [2.45, 2.75) is 6.42 Å². The maximum atomic E-state index is 11.9. The zero-order valence-electron chi connectivity index (χ0n) is 11.2. The van der Waals surface area contributed by atoms with Gasteiger partial charge in [0.15, 0.2) is 0 Å². The molecule has 1 aromatic heterocycles. The van der Waals surface area contributed by atoms with Crippen LogP contribution < -0.4 is 5.32 Å². The molecule has 0 aliphatic heterocycles. The molecule has 0 fully saturated rings. The number of carbonyl (C=O) groups is 1. The Hall–Kier alpha value is -2.41. The van der Waals surface area contributed by atoms with Gasteiger partial charge in [0.1, 0.15) is 5.02 Å². The molecule has 110 valence electrons. The number of aryl methyl sites for hydroxylation is 1. The third kappa shape index (κ3) is 3.57. The molecule has 8 heteroatoms. The summed E-state index contributed by atoms with van der Waals surface area (Å²) in [6.45, 7) is 0.437. The van der Waals surface area contributed by atoms with Gasteiger partial charge < -0.3 is 5.32 Å². The molecule has 0 saturated heterocycles.